The minimum atomic E-state index is -3.83. The first kappa shape index (κ1) is 24.1. The summed E-state index contributed by atoms with van der Waals surface area (Å²) in [6.45, 7) is 11.0. The number of aryl methyl sites for hydroxylation is 2. The Morgan fingerprint density at radius 2 is 1.74 bits per heavy atom. The van der Waals surface area contributed by atoms with Crippen molar-refractivity contribution in [3.63, 3.8) is 0 Å². The second-order valence-corrected chi connectivity index (χ2v) is 10.7. The maximum absolute atomic E-state index is 13.7. The highest BCUT2D eigenvalue weighted by Gasteiger charge is 2.30. The fraction of sp³-hybridized carbons (Fsp3) is 0.370. The summed E-state index contributed by atoms with van der Waals surface area (Å²) in [7, 11) is -3.83. The summed E-state index contributed by atoms with van der Waals surface area (Å²) < 4.78 is 35.4. The molecular formula is C27H32N2O4S. The van der Waals surface area contributed by atoms with Gasteiger partial charge in [0, 0.05) is 24.2 Å². The zero-order valence-corrected chi connectivity index (χ0v) is 21.3. The van der Waals surface area contributed by atoms with Crippen LogP contribution in [-0.4, -0.2) is 34.1 Å². The van der Waals surface area contributed by atoms with E-state index in [0.29, 0.717) is 36.7 Å². The first-order valence-electron chi connectivity index (χ1n) is 11.7. The number of benzene rings is 3. The Labute approximate surface area is 202 Å². The summed E-state index contributed by atoms with van der Waals surface area (Å²) in [5.74, 6) is -0.348. The lowest BCUT2D eigenvalue weighted by atomic mass is 10.0. The van der Waals surface area contributed by atoms with Gasteiger partial charge in [-0.2, -0.15) is 0 Å². The lowest BCUT2D eigenvalue weighted by molar-refractivity contribution is -0.147. The van der Waals surface area contributed by atoms with Crippen molar-refractivity contribution >= 4 is 38.1 Å². The van der Waals surface area contributed by atoms with Crippen LogP contribution in [0.5, 0.6) is 0 Å². The van der Waals surface area contributed by atoms with Gasteiger partial charge in [-0.05, 0) is 80.8 Å². The number of fused-ring (bicyclic) bond motifs is 1. The summed E-state index contributed by atoms with van der Waals surface area (Å²) in [5, 5.41) is 1.77. The highest BCUT2D eigenvalue weighted by Crippen LogP contribution is 2.35. The molecule has 0 unspecified atom stereocenters. The fourth-order valence-electron chi connectivity index (χ4n) is 4.79. The molecule has 6 nitrogen and oxygen atoms in total. The van der Waals surface area contributed by atoms with Crippen LogP contribution in [0.25, 0.3) is 10.8 Å². The number of sulfonamides is 1. The van der Waals surface area contributed by atoms with Gasteiger partial charge in [0.05, 0.1) is 23.1 Å². The average Bonchev–Trinajstić information content (AvgIpc) is 3.28. The summed E-state index contributed by atoms with van der Waals surface area (Å²) in [6, 6.07) is 13.7. The second kappa shape index (κ2) is 9.29. The van der Waals surface area contributed by atoms with Crippen LogP contribution in [0.15, 0.2) is 47.4 Å². The van der Waals surface area contributed by atoms with E-state index in [-0.39, 0.29) is 11.9 Å². The molecule has 0 aliphatic carbocycles. The second-order valence-electron chi connectivity index (χ2n) is 9.09. The molecule has 0 radical (unpaired) electrons. The smallest absolute Gasteiger partial charge is 0.310 e. The predicted molar refractivity (Wildman–Crippen MR) is 137 cm³/mol. The van der Waals surface area contributed by atoms with E-state index in [1.54, 1.807) is 0 Å². The van der Waals surface area contributed by atoms with Gasteiger partial charge in [-0.15, -0.1) is 0 Å². The Morgan fingerprint density at radius 1 is 1.06 bits per heavy atom. The van der Waals surface area contributed by atoms with Gasteiger partial charge in [-0.25, -0.2) is 8.42 Å². The van der Waals surface area contributed by atoms with Gasteiger partial charge < -0.3 is 9.64 Å². The number of ether oxygens (including phenoxy) is 1. The van der Waals surface area contributed by atoms with Crippen LogP contribution < -0.4 is 9.62 Å². The zero-order valence-electron chi connectivity index (χ0n) is 20.4. The van der Waals surface area contributed by atoms with Gasteiger partial charge in [-0.1, -0.05) is 30.3 Å². The largest absolute Gasteiger partial charge is 0.466 e. The van der Waals surface area contributed by atoms with Gasteiger partial charge in [0.2, 0.25) is 0 Å². The monoisotopic (exact) mass is 480 g/mol. The number of rotatable bonds is 6. The third kappa shape index (κ3) is 4.49. The summed E-state index contributed by atoms with van der Waals surface area (Å²) in [5.41, 5.74) is 4.83. The van der Waals surface area contributed by atoms with Gasteiger partial charge >= 0.3 is 5.97 Å². The lowest BCUT2D eigenvalue weighted by Gasteiger charge is -2.22. The quantitative estimate of drug-likeness (QED) is 0.487. The maximum atomic E-state index is 13.7. The molecule has 1 saturated heterocycles. The SMILES string of the molecule is CCOC(=O)[C@H]1CCN(c2cc(NS(=O)(=O)c3c(C)c(C)cc(C)c3C)c3ccccc3c2)C1. The maximum Gasteiger partial charge on any atom is 0.310 e. The Morgan fingerprint density at radius 3 is 2.41 bits per heavy atom. The van der Waals surface area contributed by atoms with E-state index in [1.165, 1.54) is 0 Å². The van der Waals surface area contributed by atoms with Crippen LogP contribution in [0.3, 0.4) is 0 Å². The van der Waals surface area contributed by atoms with Crippen molar-refractivity contribution in [1.29, 1.82) is 0 Å². The third-order valence-electron chi connectivity index (χ3n) is 6.83. The first-order chi connectivity index (χ1) is 16.1. The number of nitrogens with one attached hydrogen (secondary N) is 1. The number of anilines is 2. The lowest BCUT2D eigenvalue weighted by Crippen LogP contribution is -2.24. The molecule has 0 aromatic heterocycles. The van der Waals surface area contributed by atoms with E-state index < -0.39 is 10.0 Å². The molecule has 34 heavy (non-hydrogen) atoms. The third-order valence-corrected chi connectivity index (χ3v) is 8.47. The molecule has 0 amide bonds. The molecule has 0 bridgehead atoms. The molecule has 3 aromatic carbocycles. The predicted octanol–water partition coefficient (Wildman–Crippen LogP) is 5.26. The van der Waals surface area contributed by atoms with Crippen LogP contribution in [0.2, 0.25) is 0 Å². The number of esters is 1. The van der Waals surface area contributed by atoms with E-state index in [4.69, 9.17) is 4.74 Å². The van der Waals surface area contributed by atoms with E-state index >= 15 is 0 Å². The Bertz CT molecular complexity index is 1340. The van der Waals surface area contributed by atoms with Crippen molar-refractivity contribution in [3.05, 3.63) is 64.7 Å². The molecule has 1 aliphatic rings. The molecule has 0 spiro atoms. The van der Waals surface area contributed by atoms with Crippen LogP contribution in [0.1, 0.15) is 35.6 Å². The molecule has 180 valence electrons. The van der Waals surface area contributed by atoms with Crippen molar-refractivity contribution < 1.29 is 17.9 Å². The highest BCUT2D eigenvalue weighted by molar-refractivity contribution is 7.92. The van der Waals surface area contributed by atoms with Crippen molar-refractivity contribution in [2.45, 2.75) is 45.9 Å². The Kier molecular flexibility index (Phi) is 6.58. The van der Waals surface area contributed by atoms with Crippen LogP contribution >= 0.6 is 0 Å². The molecule has 1 heterocycles. The zero-order chi connectivity index (χ0) is 24.6. The van der Waals surface area contributed by atoms with Gasteiger partial charge in [0.25, 0.3) is 10.0 Å². The number of nitrogens with zero attached hydrogens (tertiary/aromatic N) is 1. The van der Waals surface area contributed by atoms with Crippen LogP contribution in [-0.2, 0) is 19.6 Å². The van der Waals surface area contributed by atoms with Gasteiger partial charge in [0.1, 0.15) is 0 Å². The van der Waals surface area contributed by atoms with E-state index in [9.17, 15) is 13.2 Å². The molecule has 7 heteroatoms. The number of carbonyl (C=O) groups excluding carboxylic acids is 1. The van der Waals surface area contributed by atoms with E-state index in [1.807, 2.05) is 77.1 Å². The van der Waals surface area contributed by atoms with Crippen LogP contribution in [0.4, 0.5) is 11.4 Å². The molecule has 1 atom stereocenters. The topological polar surface area (TPSA) is 75.7 Å². The standard InChI is InChI=1S/C27H32N2O4S/c1-6-33-27(30)22-11-12-29(16-22)23-14-21-9-7-8-10-24(21)25(15-23)28-34(31,32)26-19(4)17(2)13-18(3)20(26)5/h7-10,13-15,22,28H,6,11-12,16H2,1-5H3/t22-/m0/s1. The molecule has 3 aromatic rings. The Hall–Kier alpha value is -3.06. The van der Waals surface area contributed by atoms with Crippen molar-refractivity contribution in [2.75, 3.05) is 29.3 Å². The first-order valence-corrected chi connectivity index (χ1v) is 13.1. The molecular weight excluding hydrogens is 448 g/mol. The van der Waals surface area contributed by atoms with Crippen LogP contribution in [0, 0.1) is 33.6 Å². The molecule has 1 fully saturated rings. The van der Waals surface area contributed by atoms with E-state index in [0.717, 1.165) is 38.7 Å². The number of hydrogen-bond donors (Lipinski definition) is 1. The molecule has 0 saturated carbocycles. The summed E-state index contributed by atoms with van der Waals surface area (Å²) >= 11 is 0. The number of carbonyl (C=O) groups is 1. The van der Waals surface area contributed by atoms with Crippen molar-refractivity contribution in [3.8, 4) is 0 Å². The highest BCUT2D eigenvalue weighted by atomic mass is 32.2. The average molecular weight is 481 g/mol. The van der Waals surface area contributed by atoms with Gasteiger partial charge in [-0.3, -0.25) is 9.52 Å². The Balaban J connectivity index is 1.75. The summed E-state index contributed by atoms with van der Waals surface area (Å²) in [6.07, 6.45) is 0.716. The van der Waals surface area contributed by atoms with Crippen molar-refractivity contribution in [1.82, 2.24) is 0 Å². The molecule has 1 aliphatic heterocycles. The number of hydrogen-bond acceptors (Lipinski definition) is 5. The normalized spacial score (nSPS) is 16.1. The minimum Gasteiger partial charge on any atom is -0.466 e. The minimum absolute atomic E-state index is 0.174. The molecule has 1 N–H and O–H groups in total. The fourth-order valence-corrected chi connectivity index (χ4v) is 6.48. The van der Waals surface area contributed by atoms with Crippen molar-refractivity contribution in [2.24, 2.45) is 5.92 Å². The van der Waals surface area contributed by atoms with E-state index in [2.05, 4.69) is 9.62 Å². The summed E-state index contributed by atoms with van der Waals surface area (Å²) in [4.78, 5) is 14.7. The van der Waals surface area contributed by atoms with Gasteiger partial charge in [0.15, 0.2) is 0 Å². The molecule has 4 rings (SSSR count).